The van der Waals surface area contributed by atoms with Crippen LogP contribution < -0.4 is 5.32 Å². The first-order valence-corrected chi connectivity index (χ1v) is 8.84. The molecule has 0 saturated heterocycles. The average Bonchev–Trinajstić information content (AvgIpc) is 2.51. The van der Waals surface area contributed by atoms with Gasteiger partial charge in [-0.15, -0.1) is 0 Å². The van der Waals surface area contributed by atoms with Crippen molar-refractivity contribution in [3.63, 3.8) is 0 Å². The molecule has 0 saturated carbocycles. The summed E-state index contributed by atoms with van der Waals surface area (Å²) in [6.45, 7) is 2.12. The molecule has 0 spiro atoms. The molecule has 0 aliphatic heterocycles. The van der Waals surface area contributed by atoms with E-state index in [9.17, 15) is 22.4 Å². The molecule has 1 aromatic carbocycles. The van der Waals surface area contributed by atoms with Crippen molar-refractivity contribution < 1.29 is 27.5 Å². The number of nitriles is 1. The fourth-order valence-electron chi connectivity index (χ4n) is 2.10. The van der Waals surface area contributed by atoms with Gasteiger partial charge in [0.05, 0.1) is 17.4 Å². The number of carboxylic acids is 1. The molecule has 2 N–H and O–H groups in total. The van der Waals surface area contributed by atoms with E-state index in [0.717, 1.165) is 16.4 Å². The Kier molecular flexibility index (Phi) is 7.02. The van der Waals surface area contributed by atoms with Gasteiger partial charge in [-0.25, -0.2) is 12.8 Å². The van der Waals surface area contributed by atoms with Crippen LogP contribution in [0, 0.1) is 17.1 Å². The van der Waals surface area contributed by atoms with Crippen LogP contribution in [0.5, 0.6) is 0 Å². The van der Waals surface area contributed by atoms with Crippen molar-refractivity contribution in [1.82, 2.24) is 9.62 Å². The number of nitrogens with one attached hydrogen (secondary N) is 1. The number of hydrogen-bond acceptors (Lipinski definition) is 5. The van der Waals surface area contributed by atoms with Crippen LogP contribution in [0.3, 0.4) is 0 Å². The highest BCUT2D eigenvalue weighted by Crippen LogP contribution is 2.18. The molecule has 0 aliphatic carbocycles. The smallest absolute Gasteiger partial charge is 0.321 e. The number of aliphatic carboxylic acids is 1. The third-order valence-corrected chi connectivity index (χ3v) is 5.27. The third kappa shape index (κ3) is 5.81. The Balaban J connectivity index is 3.12. The van der Waals surface area contributed by atoms with E-state index in [4.69, 9.17) is 10.4 Å². The lowest BCUT2D eigenvalue weighted by atomic mass is 10.1. The summed E-state index contributed by atoms with van der Waals surface area (Å²) in [4.78, 5) is 22.1. The first-order chi connectivity index (χ1) is 11.6. The van der Waals surface area contributed by atoms with Gasteiger partial charge < -0.3 is 10.4 Å². The minimum atomic E-state index is -4.14. The van der Waals surface area contributed by atoms with E-state index < -0.39 is 33.6 Å². The lowest BCUT2D eigenvalue weighted by Crippen LogP contribution is -2.47. The summed E-state index contributed by atoms with van der Waals surface area (Å²) in [5, 5.41) is 20.5. The van der Waals surface area contributed by atoms with Gasteiger partial charge in [0.2, 0.25) is 15.9 Å². The predicted molar refractivity (Wildman–Crippen MR) is 86.2 cm³/mol. The lowest BCUT2D eigenvalue weighted by Gasteiger charge is -2.26. The zero-order chi connectivity index (χ0) is 19.2. The first kappa shape index (κ1) is 20.5. The molecule has 0 radical (unpaired) electrons. The second kappa shape index (κ2) is 8.55. The largest absolute Gasteiger partial charge is 0.480 e. The Labute approximate surface area is 144 Å². The molecule has 1 atom stereocenters. The van der Waals surface area contributed by atoms with Gasteiger partial charge in [-0.2, -0.15) is 9.57 Å². The standard InChI is InChI=1S/C15H18FN3O5S/c1-10(15(21)22)19(6-5-18-11(2)20)25(23,24)9-12-3-4-14(16)7-13(12)8-17/h3-4,7,10H,5-6,9H2,1-2H3,(H,18,20)(H,21,22). The van der Waals surface area contributed by atoms with Crippen molar-refractivity contribution in [2.24, 2.45) is 0 Å². The molecule has 0 aromatic heterocycles. The summed E-state index contributed by atoms with van der Waals surface area (Å²) in [6, 6.07) is 3.44. The molecule has 0 aliphatic rings. The number of nitrogens with zero attached hydrogens (tertiary/aromatic N) is 2. The summed E-state index contributed by atoms with van der Waals surface area (Å²) in [5.74, 6) is -3.08. The number of hydrogen-bond donors (Lipinski definition) is 2. The average molecular weight is 371 g/mol. The van der Waals surface area contributed by atoms with Crippen molar-refractivity contribution in [2.45, 2.75) is 25.6 Å². The van der Waals surface area contributed by atoms with Crippen LogP contribution in [0.4, 0.5) is 4.39 Å². The van der Waals surface area contributed by atoms with Crippen molar-refractivity contribution in [3.8, 4) is 6.07 Å². The van der Waals surface area contributed by atoms with Crippen LogP contribution in [0.15, 0.2) is 18.2 Å². The number of carbonyl (C=O) groups excluding carboxylic acids is 1. The molecule has 0 heterocycles. The van der Waals surface area contributed by atoms with Crippen LogP contribution in [0.1, 0.15) is 25.0 Å². The summed E-state index contributed by atoms with van der Waals surface area (Å²) in [7, 11) is -4.14. The Morgan fingerprint density at radius 3 is 2.60 bits per heavy atom. The highest BCUT2D eigenvalue weighted by Gasteiger charge is 2.32. The van der Waals surface area contributed by atoms with Crippen LogP contribution >= 0.6 is 0 Å². The van der Waals surface area contributed by atoms with Crippen LogP contribution in [-0.4, -0.2) is 48.8 Å². The Morgan fingerprint density at radius 2 is 2.08 bits per heavy atom. The van der Waals surface area contributed by atoms with Gasteiger partial charge in [-0.3, -0.25) is 9.59 Å². The quantitative estimate of drug-likeness (QED) is 0.682. The van der Waals surface area contributed by atoms with E-state index in [1.165, 1.54) is 19.9 Å². The molecule has 10 heteroatoms. The summed E-state index contributed by atoms with van der Waals surface area (Å²) < 4.78 is 39.1. The first-order valence-electron chi connectivity index (χ1n) is 7.23. The molecule has 0 bridgehead atoms. The van der Waals surface area contributed by atoms with Crippen LogP contribution in [0.2, 0.25) is 0 Å². The van der Waals surface area contributed by atoms with Gasteiger partial charge in [0.1, 0.15) is 11.9 Å². The molecular formula is C15H18FN3O5S. The minimum absolute atomic E-state index is 0.0611. The van der Waals surface area contributed by atoms with Crippen molar-refractivity contribution >= 4 is 21.9 Å². The lowest BCUT2D eigenvalue weighted by molar-refractivity contribution is -0.140. The number of rotatable bonds is 8. The number of sulfonamides is 1. The fourth-order valence-corrected chi connectivity index (χ4v) is 3.85. The highest BCUT2D eigenvalue weighted by molar-refractivity contribution is 7.88. The van der Waals surface area contributed by atoms with E-state index in [1.807, 2.05) is 0 Å². The molecule has 1 rings (SSSR count). The van der Waals surface area contributed by atoms with Crippen molar-refractivity contribution in [3.05, 3.63) is 35.1 Å². The number of amides is 1. The van der Waals surface area contributed by atoms with E-state index in [0.29, 0.717) is 0 Å². The van der Waals surface area contributed by atoms with Gasteiger partial charge in [0.25, 0.3) is 0 Å². The van der Waals surface area contributed by atoms with Crippen molar-refractivity contribution in [2.75, 3.05) is 13.1 Å². The molecule has 25 heavy (non-hydrogen) atoms. The fraction of sp³-hybridized carbons (Fsp3) is 0.400. The SMILES string of the molecule is CC(=O)NCCN(C(C)C(=O)O)S(=O)(=O)Cc1ccc(F)cc1C#N. The maximum atomic E-state index is 13.2. The molecule has 136 valence electrons. The number of carbonyl (C=O) groups is 2. The van der Waals surface area contributed by atoms with E-state index >= 15 is 0 Å². The third-order valence-electron chi connectivity index (χ3n) is 3.38. The van der Waals surface area contributed by atoms with Gasteiger partial charge >= 0.3 is 5.97 Å². The molecule has 8 nitrogen and oxygen atoms in total. The predicted octanol–water partition coefficient (Wildman–Crippen LogP) is 0.438. The van der Waals surface area contributed by atoms with Crippen molar-refractivity contribution in [1.29, 1.82) is 5.26 Å². The topological polar surface area (TPSA) is 128 Å². The Bertz CT molecular complexity index is 804. The highest BCUT2D eigenvalue weighted by atomic mass is 32.2. The van der Waals surface area contributed by atoms with E-state index in [-0.39, 0.29) is 30.1 Å². The summed E-state index contributed by atoms with van der Waals surface area (Å²) in [6.07, 6.45) is 0. The summed E-state index contributed by atoms with van der Waals surface area (Å²) >= 11 is 0. The van der Waals surface area contributed by atoms with Crippen LogP contribution in [0.25, 0.3) is 0 Å². The van der Waals surface area contributed by atoms with Gasteiger partial charge in [0, 0.05) is 20.0 Å². The second-order valence-corrected chi connectivity index (χ2v) is 7.20. The number of halogens is 1. The van der Waals surface area contributed by atoms with Gasteiger partial charge in [-0.1, -0.05) is 6.07 Å². The second-order valence-electron chi connectivity index (χ2n) is 5.28. The number of carboxylic acid groups (broad SMARTS) is 1. The maximum absolute atomic E-state index is 13.2. The zero-order valence-electron chi connectivity index (χ0n) is 13.7. The Morgan fingerprint density at radius 1 is 1.44 bits per heavy atom. The molecular weight excluding hydrogens is 353 g/mol. The maximum Gasteiger partial charge on any atom is 0.321 e. The molecule has 1 amide bonds. The van der Waals surface area contributed by atoms with Gasteiger partial charge in [0.15, 0.2) is 0 Å². The normalized spacial score (nSPS) is 12.4. The summed E-state index contributed by atoms with van der Waals surface area (Å²) in [5.41, 5.74) is -0.0839. The zero-order valence-corrected chi connectivity index (χ0v) is 14.5. The van der Waals surface area contributed by atoms with Gasteiger partial charge in [-0.05, 0) is 24.6 Å². The minimum Gasteiger partial charge on any atom is -0.480 e. The molecule has 1 unspecified atom stereocenters. The molecule has 0 fully saturated rings. The molecule has 1 aromatic rings. The number of benzene rings is 1. The van der Waals surface area contributed by atoms with E-state index in [1.54, 1.807) is 6.07 Å². The Hall–Kier alpha value is -2.51. The van der Waals surface area contributed by atoms with Crippen LogP contribution in [-0.2, 0) is 25.4 Å². The van der Waals surface area contributed by atoms with E-state index in [2.05, 4.69) is 5.32 Å². The monoisotopic (exact) mass is 371 g/mol.